The summed E-state index contributed by atoms with van der Waals surface area (Å²) in [4.78, 5) is 27.7. The number of likely N-dealkylation sites (tertiary alicyclic amines) is 1. The van der Waals surface area contributed by atoms with Gasteiger partial charge in [0.1, 0.15) is 17.3 Å². The Morgan fingerprint density at radius 1 is 1.30 bits per heavy atom. The summed E-state index contributed by atoms with van der Waals surface area (Å²) < 4.78 is 10.7. The average molecular weight is 370 g/mol. The van der Waals surface area contributed by atoms with Crippen molar-refractivity contribution in [2.24, 2.45) is 17.3 Å². The van der Waals surface area contributed by atoms with Crippen molar-refractivity contribution >= 4 is 11.9 Å². The molecule has 27 heavy (non-hydrogen) atoms. The summed E-state index contributed by atoms with van der Waals surface area (Å²) in [5.74, 6) is -0.781. The van der Waals surface area contributed by atoms with E-state index in [2.05, 4.69) is 6.07 Å². The summed E-state index contributed by atoms with van der Waals surface area (Å²) in [6.07, 6.45) is 1.60. The van der Waals surface area contributed by atoms with Crippen LogP contribution in [0.3, 0.4) is 0 Å². The molecule has 1 saturated heterocycles. The van der Waals surface area contributed by atoms with E-state index in [1.807, 2.05) is 24.3 Å². The number of ether oxygens (including phenoxy) is 2. The van der Waals surface area contributed by atoms with Crippen molar-refractivity contribution in [3.8, 4) is 11.8 Å². The van der Waals surface area contributed by atoms with Gasteiger partial charge >= 0.3 is 5.97 Å². The Balaban J connectivity index is 1.86. The molecule has 1 aromatic rings. The van der Waals surface area contributed by atoms with Crippen LogP contribution in [0.25, 0.3) is 0 Å². The van der Waals surface area contributed by atoms with Gasteiger partial charge in [-0.2, -0.15) is 5.26 Å². The van der Waals surface area contributed by atoms with Crippen LogP contribution < -0.4 is 4.74 Å². The first-order valence-corrected chi connectivity index (χ1v) is 9.27. The van der Waals surface area contributed by atoms with Gasteiger partial charge in [0.25, 0.3) is 0 Å². The molecule has 1 heterocycles. The van der Waals surface area contributed by atoms with Crippen LogP contribution in [0.5, 0.6) is 5.75 Å². The zero-order valence-corrected chi connectivity index (χ0v) is 16.3. The molecule has 1 amide bonds. The topological polar surface area (TPSA) is 79.6 Å². The van der Waals surface area contributed by atoms with E-state index in [4.69, 9.17) is 9.47 Å². The standard InChI is InChI=1S/C21H26N2O4/c1-20(2,3)27-18(24)17-12-23(11-14-5-9-16(26-4)10-6-14)19(25)21(17,13-22)15-7-8-15/h5-6,9-10,15,17H,7-8,11-12H2,1-4H3/t17-,21+/m0/s1. The summed E-state index contributed by atoms with van der Waals surface area (Å²) in [5.41, 5.74) is -1.03. The van der Waals surface area contributed by atoms with Crippen molar-refractivity contribution in [3.05, 3.63) is 29.8 Å². The lowest BCUT2D eigenvalue weighted by molar-refractivity contribution is -0.163. The Kier molecular flexibility index (Phi) is 4.90. The van der Waals surface area contributed by atoms with Crippen molar-refractivity contribution in [2.75, 3.05) is 13.7 Å². The van der Waals surface area contributed by atoms with Gasteiger partial charge in [0.05, 0.1) is 13.2 Å². The normalized spacial score (nSPS) is 25.2. The molecule has 3 rings (SSSR count). The molecular formula is C21H26N2O4. The summed E-state index contributed by atoms with van der Waals surface area (Å²) in [6.45, 7) is 5.95. The highest BCUT2D eigenvalue weighted by Gasteiger charge is 2.65. The zero-order chi connectivity index (χ0) is 19.8. The summed E-state index contributed by atoms with van der Waals surface area (Å²) in [6, 6.07) is 9.67. The number of hydrogen-bond acceptors (Lipinski definition) is 5. The van der Waals surface area contributed by atoms with E-state index >= 15 is 0 Å². The fraction of sp³-hybridized carbons (Fsp3) is 0.571. The second-order valence-corrected chi connectivity index (χ2v) is 8.37. The van der Waals surface area contributed by atoms with Crippen LogP contribution in [-0.4, -0.2) is 36.0 Å². The van der Waals surface area contributed by atoms with Gasteiger partial charge < -0.3 is 14.4 Å². The quantitative estimate of drug-likeness (QED) is 0.745. The van der Waals surface area contributed by atoms with E-state index in [1.165, 1.54) is 0 Å². The SMILES string of the molecule is COc1ccc(CN2C[C@@H](C(=O)OC(C)(C)C)[C@@](C#N)(C3CC3)C2=O)cc1. The highest BCUT2D eigenvalue weighted by atomic mass is 16.6. The number of carbonyl (C=O) groups is 2. The third kappa shape index (κ3) is 3.64. The van der Waals surface area contributed by atoms with Crippen LogP contribution in [0.2, 0.25) is 0 Å². The van der Waals surface area contributed by atoms with Gasteiger partial charge in [0.2, 0.25) is 5.91 Å². The molecule has 1 saturated carbocycles. The first-order valence-electron chi connectivity index (χ1n) is 9.27. The summed E-state index contributed by atoms with van der Waals surface area (Å²) in [7, 11) is 1.60. The number of methoxy groups -OCH3 is 1. The minimum atomic E-state index is -1.30. The Morgan fingerprint density at radius 2 is 1.93 bits per heavy atom. The lowest BCUT2D eigenvalue weighted by atomic mass is 9.74. The van der Waals surface area contributed by atoms with Crippen LogP contribution in [-0.2, 0) is 20.9 Å². The van der Waals surface area contributed by atoms with Gasteiger partial charge in [0.15, 0.2) is 5.41 Å². The first kappa shape index (κ1) is 19.2. The number of esters is 1. The van der Waals surface area contributed by atoms with Crippen molar-refractivity contribution in [1.29, 1.82) is 5.26 Å². The molecule has 2 aliphatic rings. The first-order chi connectivity index (χ1) is 12.7. The van der Waals surface area contributed by atoms with E-state index in [0.717, 1.165) is 24.2 Å². The third-order valence-corrected chi connectivity index (χ3v) is 5.22. The maximum atomic E-state index is 13.2. The predicted molar refractivity (Wildman–Crippen MR) is 98.5 cm³/mol. The van der Waals surface area contributed by atoms with Gasteiger partial charge in [0, 0.05) is 13.1 Å². The molecule has 1 aromatic carbocycles. The van der Waals surface area contributed by atoms with Crippen LogP contribution in [0.15, 0.2) is 24.3 Å². The van der Waals surface area contributed by atoms with Gasteiger partial charge in [-0.3, -0.25) is 9.59 Å². The average Bonchev–Trinajstić information content (AvgIpc) is 3.41. The Labute approximate surface area is 160 Å². The zero-order valence-electron chi connectivity index (χ0n) is 16.3. The van der Waals surface area contributed by atoms with Gasteiger partial charge in [-0.15, -0.1) is 0 Å². The summed E-state index contributed by atoms with van der Waals surface area (Å²) >= 11 is 0. The number of amides is 1. The lowest BCUT2D eigenvalue weighted by Gasteiger charge is -2.27. The van der Waals surface area contributed by atoms with E-state index in [1.54, 1.807) is 32.8 Å². The molecule has 0 bridgehead atoms. The smallest absolute Gasteiger partial charge is 0.313 e. The minimum absolute atomic E-state index is 0.0617. The van der Waals surface area contributed by atoms with Gasteiger partial charge in [-0.25, -0.2) is 0 Å². The maximum absolute atomic E-state index is 13.2. The largest absolute Gasteiger partial charge is 0.497 e. The van der Waals surface area contributed by atoms with E-state index in [-0.39, 0.29) is 18.4 Å². The maximum Gasteiger partial charge on any atom is 0.313 e. The van der Waals surface area contributed by atoms with Crippen molar-refractivity contribution < 1.29 is 19.1 Å². The van der Waals surface area contributed by atoms with E-state index < -0.39 is 22.9 Å². The van der Waals surface area contributed by atoms with Crippen LogP contribution in [0.1, 0.15) is 39.2 Å². The Hall–Kier alpha value is -2.55. The van der Waals surface area contributed by atoms with Crippen LogP contribution in [0.4, 0.5) is 0 Å². The monoisotopic (exact) mass is 370 g/mol. The fourth-order valence-electron chi connectivity index (χ4n) is 3.79. The number of hydrogen-bond donors (Lipinski definition) is 0. The number of carbonyl (C=O) groups excluding carboxylic acids is 2. The van der Waals surface area contributed by atoms with Gasteiger partial charge in [-0.05, 0) is 57.2 Å². The summed E-state index contributed by atoms with van der Waals surface area (Å²) in [5, 5.41) is 9.95. The number of nitriles is 1. The predicted octanol–water partition coefficient (Wildman–Crippen LogP) is 2.92. The third-order valence-electron chi connectivity index (χ3n) is 5.22. The van der Waals surface area contributed by atoms with Crippen molar-refractivity contribution in [2.45, 2.75) is 45.8 Å². The molecule has 0 spiro atoms. The van der Waals surface area contributed by atoms with Gasteiger partial charge in [-0.1, -0.05) is 12.1 Å². The molecule has 6 heteroatoms. The highest BCUT2D eigenvalue weighted by Crippen LogP contribution is 2.54. The Bertz CT molecular complexity index is 771. The number of rotatable bonds is 5. The van der Waals surface area contributed by atoms with Crippen LogP contribution in [0, 0.1) is 28.6 Å². The molecule has 2 atom stereocenters. The lowest BCUT2D eigenvalue weighted by Crippen LogP contribution is -2.42. The second-order valence-electron chi connectivity index (χ2n) is 8.37. The fourth-order valence-corrected chi connectivity index (χ4v) is 3.79. The van der Waals surface area contributed by atoms with E-state index in [0.29, 0.717) is 6.54 Å². The van der Waals surface area contributed by atoms with Crippen LogP contribution >= 0.6 is 0 Å². The molecule has 6 nitrogen and oxygen atoms in total. The molecule has 1 aliphatic carbocycles. The molecular weight excluding hydrogens is 344 g/mol. The molecule has 0 N–H and O–H groups in total. The molecule has 2 fully saturated rings. The minimum Gasteiger partial charge on any atom is -0.497 e. The number of nitrogens with zero attached hydrogens (tertiary/aromatic N) is 2. The molecule has 0 aromatic heterocycles. The molecule has 1 aliphatic heterocycles. The van der Waals surface area contributed by atoms with Crippen molar-refractivity contribution in [3.63, 3.8) is 0 Å². The Morgan fingerprint density at radius 3 is 2.41 bits per heavy atom. The highest BCUT2D eigenvalue weighted by molar-refractivity contribution is 5.95. The second kappa shape index (κ2) is 6.88. The molecule has 144 valence electrons. The van der Waals surface area contributed by atoms with Crippen molar-refractivity contribution in [1.82, 2.24) is 4.90 Å². The molecule has 0 radical (unpaired) electrons. The number of benzene rings is 1. The van der Waals surface area contributed by atoms with E-state index in [9.17, 15) is 14.9 Å². The molecule has 0 unspecified atom stereocenters.